The summed E-state index contributed by atoms with van der Waals surface area (Å²) in [5, 5.41) is 14.9. The second-order valence-electron chi connectivity index (χ2n) is 10.6. The fourth-order valence-corrected chi connectivity index (χ4v) is 5.62. The summed E-state index contributed by atoms with van der Waals surface area (Å²) in [7, 11) is 0. The molecule has 0 spiro atoms. The Morgan fingerprint density at radius 2 is 1.84 bits per heavy atom. The Labute approximate surface area is 254 Å². The van der Waals surface area contributed by atoms with Gasteiger partial charge >= 0.3 is 10.9 Å². The minimum Gasteiger partial charge on any atom is -0.427 e. The van der Waals surface area contributed by atoms with Gasteiger partial charge in [-0.2, -0.15) is 10.2 Å². The van der Waals surface area contributed by atoms with Crippen LogP contribution in [0.4, 0.5) is 5.82 Å². The summed E-state index contributed by atoms with van der Waals surface area (Å²) in [5.41, 5.74) is -2.71. The summed E-state index contributed by atoms with van der Waals surface area (Å²) in [6.45, 7) is 2.29. The number of amides is 1. The smallest absolute Gasteiger partial charge is 0.359 e. The van der Waals surface area contributed by atoms with Crippen LogP contribution >= 0.6 is 12.2 Å². The summed E-state index contributed by atoms with van der Waals surface area (Å²) in [5.74, 6) is 0.0977. The Bertz CT molecular complexity index is 1560. The molecule has 5 rings (SSSR count). The van der Waals surface area contributed by atoms with E-state index in [0.29, 0.717) is 19.0 Å². The number of ether oxygens (including phenoxy) is 5. The molecule has 1 N–H and O–H groups in total. The molecular weight excluding hydrogens is 572 g/mol. The molecule has 0 bridgehead atoms. The molecule has 2 saturated heterocycles. The SMILES string of the molecule is CC(=O)Nc1ccn([C@@H]2OC3COCCCCCCCCO[C@H]3C2(C#N)OC(=S)Oc2ccc3ccccc3c2)c(=O)n1. The van der Waals surface area contributed by atoms with E-state index in [1.807, 2.05) is 36.4 Å². The lowest BCUT2D eigenvalue weighted by Crippen LogP contribution is -2.52. The first-order valence-electron chi connectivity index (χ1n) is 14.4. The molecule has 0 radical (unpaired) electrons. The lowest BCUT2D eigenvalue weighted by atomic mass is 9.94. The van der Waals surface area contributed by atoms with Crippen LogP contribution < -0.4 is 15.7 Å². The van der Waals surface area contributed by atoms with E-state index in [2.05, 4.69) is 16.4 Å². The number of carbonyl (C=O) groups is 1. The minimum atomic E-state index is -1.94. The number of carbonyl (C=O) groups excluding carboxylic acids is 1. The van der Waals surface area contributed by atoms with Crippen molar-refractivity contribution in [2.24, 2.45) is 0 Å². The largest absolute Gasteiger partial charge is 0.427 e. The van der Waals surface area contributed by atoms with Crippen LogP contribution in [-0.4, -0.2) is 58.3 Å². The van der Waals surface area contributed by atoms with E-state index in [-0.39, 0.29) is 23.6 Å². The number of thiocarbonyl (C=S) groups is 1. The number of aromatic nitrogens is 2. The molecule has 2 unspecified atom stereocenters. The molecule has 4 atom stereocenters. The highest BCUT2D eigenvalue weighted by Crippen LogP contribution is 2.43. The van der Waals surface area contributed by atoms with Gasteiger partial charge in [0.1, 0.15) is 29.8 Å². The van der Waals surface area contributed by atoms with Gasteiger partial charge in [-0.3, -0.25) is 9.36 Å². The van der Waals surface area contributed by atoms with E-state index in [1.165, 1.54) is 19.2 Å². The molecule has 226 valence electrons. The molecule has 1 amide bonds. The first-order chi connectivity index (χ1) is 20.9. The van der Waals surface area contributed by atoms with Crippen molar-refractivity contribution in [2.75, 3.05) is 25.1 Å². The average Bonchev–Trinajstić information content (AvgIpc) is 3.28. The van der Waals surface area contributed by atoms with E-state index in [1.54, 1.807) is 6.07 Å². The highest BCUT2D eigenvalue weighted by molar-refractivity contribution is 7.79. The van der Waals surface area contributed by atoms with Gasteiger partial charge in [-0.25, -0.2) is 4.79 Å². The summed E-state index contributed by atoms with van der Waals surface area (Å²) in [6.07, 6.45) is 4.21. The van der Waals surface area contributed by atoms with Gasteiger partial charge in [-0.15, -0.1) is 0 Å². The Kier molecular flexibility index (Phi) is 9.99. The predicted octanol–water partition coefficient (Wildman–Crippen LogP) is 4.65. The van der Waals surface area contributed by atoms with Crippen molar-refractivity contribution in [3.63, 3.8) is 0 Å². The Balaban J connectivity index is 1.49. The first-order valence-corrected chi connectivity index (χ1v) is 14.8. The predicted molar refractivity (Wildman–Crippen MR) is 162 cm³/mol. The maximum atomic E-state index is 13.2. The van der Waals surface area contributed by atoms with Crippen molar-refractivity contribution in [1.82, 2.24) is 9.55 Å². The molecule has 1 aromatic heterocycles. The number of nitrogens with one attached hydrogen (secondary N) is 1. The summed E-state index contributed by atoms with van der Waals surface area (Å²) >= 11 is 5.51. The number of rotatable bonds is 4. The van der Waals surface area contributed by atoms with Crippen LogP contribution in [0, 0.1) is 11.3 Å². The topological polar surface area (TPSA) is 134 Å². The number of nitriles is 1. The number of hydrogen-bond donors (Lipinski definition) is 1. The monoisotopic (exact) mass is 606 g/mol. The zero-order valence-corrected chi connectivity index (χ0v) is 24.7. The van der Waals surface area contributed by atoms with Crippen LogP contribution in [0.1, 0.15) is 51.7 Å². The van der Waals surface area contributed by atoms with E-state index in [4.69, 9.17) is 35.9 Å². The second kappa shape index (κ2) is 14.1. The highest BCUT2D eigenvalue weighted by Gasteiger charge is 2.62. The van der Waals surface area contributed by atoms with Crippen LogP contribution in [0.15, 0.2) is 59.5 Å². The number of hydrogen-bond acceptors (Lipinski definition) is 10. The van der Waals surface area contributed by atoms with Crippen LogP contribution in [0.2, 0.25) is 0 Å². The van der Waals surface area contributed by atoms with Gasteiger partial charge in [0.15, 0.2) is 6.23 Å². The molecule has 11 nitrogen and oxygen atoms in total. The van der Waals surface area contributed by atoms with Crippen molar-refractivity contribution in [2.45, 2.75) is 69.5 Å². The second-order valence-corrected chi connectivity index (χ2v) is 10.9. The third-order valence-corrected chi connectivity index (χ3v) is 7.60. The third-order valence-electron chi connectivity index (χ3n) is 7.43. The summed E-state index contributed by atoms with van der Waals surface area (Å²) in [4.78, 5) is 28.7. The molecule has 0 aliphatic carbocycles. The maximum Gasteiger partial charge on any atom is 0.359 e. The first kappa shape index (κ1) is 30.6. The number of nitrogens with zero attached hydrogens (tertiary/aromatic N) is 3. The molecule has 2 aromatic carbocycles. The van der Waals surface area contributed by atoms with Gasteiger partial charge in [0.25, 0.3) is 5.60 Å². The van der Waals surface area contributed by atoms with Gasteiger partial charge in [0.2, 0.25) is 5.91 Å². The van der Waals surface area contributed by atoms with Crippen molar-refractivity contribution >= 4 is 40.0 Å². The third kappa shape index (κ3) is 7.19. The van der Waals surface area contributed by atoms with Crippen molar-refractivity contribution in [3.05, 3.63) is 65.2 Å². The Morgan fingerprint density at radius 3 is 2.58 bits per heavy atom. The van der Waals surface area contributed by atoms with Gasteiger partial charge < -0.3 is 29.0 Å². The zero-order chi connectivity index (χ0) is 30.2. The van der Waals surface area contributed by atoms with E-state index < -0.39 is 29.7 Å². The summed E-state index contributed by atoms with van der Waals surface area (Å²) in [6, 6.07) is 16.9. The fraction of sp³-hybridized carbons (Fsp3) is 0.452. The van der Waals surface area contributed by atoms with E-state index in [0.717, 1.165) is 53.9 Å². The van der Waals surface area contributed by atoms with E-state index >= 15 is 0 Å². The molecule has 3 heterocycles. The number of benzene rings is 2. The van der Waals surface area contributed by atoms with Gasteiger partial charge in [-0.05, 0) is 41.8 Å². The molecule has 2 aliphatic heterocycles. The molecule has 2 aliphatic rings. The Hall–Kier alpha value is -3.89. The minimum absolute atomic E-state index is 0.0625. The van der Waals surface area contributed by atoms with Crippen LogP contribution in [0.5, 0.6) is 5.75 Å². The van der Waals surface area contributed by atoms with Crippen LogP contribution in [-0.2, 0) is 23.7 Å². The highest BCUT2D eigenvalue weighted by atomic mass is 32.1. The fourth-order valence-electron chi connectivity index (χ4n) is 5.38. The van der Waals surface area contributed by atoms with Gasteiger partial charge in [0.05, 0.1) is 6.61 Å². The quantitative estimate of drug-likeness (QED) is 0.418. The lowest BCUT2D eigenvalue weighted by molar-refractivity contribution is -0.114. The van der Waals surface area contributed by atoms with E-state index in [9.17, 15) is 14.9 Å². The van der Waals surface area contributed by atoms with Gasteiger partial charge in [-0.1, -0.05) is 56.0 Å². The molecule has 3 aromatic rings. The number of fused-ring (bicyclic) bond motifs is 2. The zero-order valence-electron chi connectivity index (χ0n) is 23.9. The maximum absolute atomic E-state index is 13.2. The molecule has 2 fully saturated rings. The molecule has 12 heteroatoms. The van der Waals surface area contributed by atoms with Crippen LogP contribution in [0.25, 0.3) is 10.8 Å². The lowest BCUT2D eigenvalue weighted by Gasteiger charge is -2.32. The molecular formula is C31H34N4O7S. The van der Waals surface area contributed by atoms with Crippen molar-refractivity contribution in [1.29, 1.82) is 5.26 Å². The molecule has 0 saturated carbocycles. The van der Waals surface area contributed by atoms with Crippen molar-refractivity contribution in [3.8, 4) is 11.8 Å². The number of anilines is 1. The van der Waals surface area contributed by atoms with Crippen molar-refractivity contribution < 1.29 is 28.5 Å². The average molecular weight is 607 g/mol. The summed E-state index contributed by atoms with van der Waals surface area (Å²) < 4.78 is 31.8. The normalized spacial score (nSPS) is 24.8. The van der Waals surface area contributed by atoms with Crippen LogP contribution in [0.3, 0.4) is 0 Å². The Morgan fingerprint density at radius 1 is 1.09 bits per heavy atom. The standard InChI is InChI=1S/C31H34N4O7S/c1-21(36)33-26-14-15-35(29(37)34-26)28-31(20-32,27-25(41-28)19-38-16-8-4-2-3-5-9-17-39-27)42-30(43)40-24-13-12-22-10-6-7-11-23(22)18-24/h6-7,10-15,18,25,27-28H,2-5,8-9,16-17,19H2,1H3,(H,33,34,36,37)/t25?,27-,28-,31?/m1/s1. The molecule has 43 heavy (non-hydrogen) atoms. The van der Waals surface area contributed by atoms with Gasteiger partial charge in [0, 0.05) is 38.6 Å².